The van der Waals surface area contributed by atoms with Crippen molar-refractivity contribution in [2.24, 2.45) is 0 Å². The van der Waals surface area contributed by atoms with E-state index in [2.05, 4.69) is 24.3 Å². The Bertz CT molecular complexity index is 884. The molecule has 0 spiro atoms. The van der Waals surface area contributed by atoms with E-state index in [1.807, 2.05) is 47.4 Å². The van der Waals surface area contributed by atoms with Crippen molar-refractivity contribution in [3.63, 3.8) is 0 Å². The van der Waals surface area contributed by atoms with E-state index in [9.17, 15) is 4.79 Å². The average molecular weight is 377 g/mol. The van der Waals surface area contributed by atoms with E-state index in [0.29, 0.717) is 18.1 Å². The molecule has 144 valence electrons. The van der Waals surface area contributed by atoms with E-state index < -0.39 is 0 Å². The predicted octanol–water partition coefficient (Wildman–Crippen LogP) is 2.40. The Kier molecular flexibility index (Phi) is 5.73. The Morgan fingerprint density at radius 1 is 0.929 bits per heavy atom. The number of piperazine rings is 1. The third-order valence-electron chi connectivity index (χ3n) is 5.05. The molecule has 5 heteroatoms. The van der Waals surface area contributed by atoms with Crippen LogP contribution in [0.4, 0.5) is 0 Å². The lowest BCUT2D eigenvalue weighted by Gasteiger charge is -2.31. The summed E-state index contributed by atoms with van der Waals surface area (Å²) in [6, 6.07) is 23.6. The number of para-hydroxylation sites is 1. The lowest BCUT2D eigenvalue weighted by Crippen LogP contribution is -3.13. The summed E-state index contributed by atoms with van der Waals surface area (Å²) in [6.07, 6.45) is 0. The van der Waals surface area contributed by atoms with Gasteiger partial charge >= 0.3 is 0 Å². The van der Waals surface area contributed by atoms with Crippen LogP contribution in [0, 0.1) is 0 Å². The number of carbonyl (C=O) groups is 1. The molecule has 2 heterocycles. The molecule has 1 N–H and O–H groups in total. The maximum Gasteiger partial charge on any atom is 0.289 e. The summed E-state index contributed by atoms with van der Waals surface area (Å²) >= 11 is 0. The van der Waals surface area contributed by atoms with Gasteiger partial charge in [-0.25, -0.2) is 0 Å². The summed E-state index contributed by atoms with van der Waals surface area (Å²) in [7, 11) is 0. The number of ether oxygens (including phenoxy) is 1. The number of nitrogens with one attached hydrogen (secondary N) is 1. The molecule has 0 aliphatic carbocycles. The zero-order valence-electron chi connectivity index (χ0n) is 15.8. The molecule has 0 unspecified atom stereocenters. The van der Waals surface area contributed by atoms with Crippen LogP contribution in [0.5, 0.6) is 5.75 Å². The monoisotopic (exact) mass is 377 g/mol. The Hall–Kier alpha value is -3.05. The lowest BCUT2D eigenvalue weighted by atomic mass is 10.2. The number of nitrogens with zero attached hydrogens (tertiary/aromatic N) is 1. The van der Waals surface area contributed by atoms with Crippen LogP contribution in [0.3, 0.4) is 0 Å². The van der Waals surface area contributed by atoms with Gasteiger partial charge in [-0.3, -0.25) is 4.79 Å². The van der Waals surface area contributed by atoms with Crippen LogP contribution in [0.2, 0.25) is 0 Å². The average Bonchev–Trinajstić information content (AvgIpc) is 3.23. The topological polar surface area (TPSA) is 47.1 Å². The number of hydrogen-bond acceptors (Lipinski definition) is 3. The number of hydrogen-bond donors (Lipinski definition) is 1. The molecule has 4 rings (SSSR count). The van der Waals surface area contributed by atoms with E-state index in [-0.39, 0.29) is 5.91 Å². The Labute approximate surface area is 165 Å². The van der Waals surface area contributed by atoms with Crippen molar-refractivity contribution in [3.8, 4) is 5.75 Å². The number of quaternary nitrogens is 1. The molecule has 0 saturated carbocycles. The summed E-state index contributed by atoms with van der Waals surface area (Å²) in [5, 5.41) is 0. The minimum atomic E-state index is -0.0373. The predicted molar refractivity (Wildman–Crippen MR) is 106 cm³/mol. The van der Waals surface area contributed by atoms with Crippen LogP contribution in [-0.4, -0.2) is 37.0 Å². The van der Waals surface area contributed by atoms with Gasteiger partial charge in [0, 0.05) is 5.56 Å². The molecule has 28 heavy (non-hydrogen) atoms. The van der Waals surface area contributed by atoms with Gasteiger partial charge in [-0.15, -0.1) is 0 Å². The molecule has 0 atom stereocenters. The SMILES string of the molecule is O=C(c1ccc(COc2ccccc2)o1)N1CC[NH+](Cc2ccccc2)CC1. The molecule has 1 fully saturated rings. The highest BCUT2D eigenvalue weighted by molar-refractivity contribution is 5.91. The summed E-state index contributed by atoms with van der Waals surface area (Å²) < 4.78 is 11.4. The van der Waals surface area contributed by atoms with Gasteiger partial charge in [0.1, 0.15) is 24.7 Å². The summed E-state index contributed by atoms with van der Waals surface area (Å²) in [4.78, 5) is 16.1. The molecule has 0 radical (unpaired) electrons. The van der Waals surface area contributed by atoms with Gasteiger partial charge in [0.15, 0.2) is 5.76 Å². The van der Waals surface area contributed by atoms with Crippen LogP contribution in [0.15, 0.2) is 77.2 Å². The van der Waals surface area contributed by atoms with E-state index in [4.69, 9.17) is 9.15 Å². The fraction of sp³-hybridized carbons (Fsp3) is 0.261. The van der Waals surface area contributed by atoms with Crippen molar-refractivity contribution in [3.05, 3.63) is 89.9 Å². The quantitative estimate of drug-likeness (QED) is 0.718. The minimum absolute atomic E-state index is 0.0373. The van der Waals surface area contributed by atoms with Crippen LogP contribution in [0.1, 0.15) is 21.9 Å². The van der Waals surface area contributed by atoms with Crippen molar-refractivity contribution >= 4 is 5.91 Å². The van der Waals surface area contributed by atoms with Gasteiger partial charge in [-0.2, -0.15) is 0 Å². The van der Waals surface area contributed by atoms with Crippen LogP contribution < -0.4 is 9.64 Å². The van der Waals surface area contributed by atoms with Gasteiger partial charge in [0.2, 0.25) is 0 Å². The second kappa shape index (κ2) is 8.76. The highest BCUT2D eigenvalue weighted by Gasteiger charge is 2.26. The zero-order valence-corrected chi connectivity index (χ0v) is 15.8. The molecule has 1 aliphatic heterocycles. The molecular formula is C23H25N2O3+. The first-order valence-electron chi connectivity index (χ1n) is 9.71. The van der Waals surface area contributed by atoms with Gasteiger partial charge in [0.05, 0.1) is 26.2 Å². The molecular weight excluding hydrogens is 352 g/mol. The van der Waals surface area contributed by atoms with Crippen molar-refractivity contribution in [2.75, 3.05) is 26.2 Å². The van der Waals surface area contributed by atoms with Crippen molar-refractivity contribution in [1.29, 1.82) is 0 Å². The van der Waals surface area contributed by atoms with E-state index >= 15 is 0 Å². The second-order valence-electron chi connectivity index (χ2n) is 7.07. The van der Waals surface area contributed by atoms with Crippen LogP contribution in [-0.2, 0) is 13.2 Å². The maximum absolute atomic E-state index is 12.7. The molecule has 1 aromatic heterocycles. The standard InChI is InChI=1S/C23H24N2O3/c26-23(22-12-11-21(28-22)18-27-20-9-5-2-6-10-20)25-15-13-24(14-16-25)17-19-7-3-1-4-8-19/h1-12H,13-18H2/p+1. The van der Waals surface area contributed by atoms with E-state index in [1.54, 1.807) is 6.07 Å². The third-order valence-corrected chi connectivity index (χ3v) is 5.05. The van der Waals surface area contributed by atoms with Gasteiger partial charge in [0.25, 0.3) is 5.91 Å². The Morgan fingerprint density at radius 3 is 2.32 bits per heavy atom. The first-order chi connectivity index (χ1) is 13.8. The first-order valence-corrected chi connectivity index (χ1v) is 9.71. The smallest absolute Gasteiger partial charge is 0.289 e. The van der Waals surface area contributed by atoms with E-state index in [1.165, 1.54) is 10.5 Å². The molecule has 1 amide bonds. The number of benzene rings is 2. The van der Waals surface area contributed by atoms with E-state index in [0.717, 1.165) is 38.5 Å². The molecule has 1 saturated heterocycles. The van der Waals surface area contributed by atoms with Crippen molar-refractivity contribution < 1.29 is 18.8 Å². The summed E-state index contributed by atoms with van der Waals surface area (Å²) in [5.74, 6) is 1.78. The number of carbonyl (C=O) groups excluding carboxylic acids is 1. The normalized spacial score (nSPS) is 14.8. The zero-order chi connectivity index (χ0) is 19.2. The van der Waals surface area contributed by atoms with Gasteiger partial charge in [-0.05, 0) is 24.3 Å². The second-order valence-corrected chi connectivity index (χ2v) is 7.07. The molecule has 5 nitrogen and oxygen atoms in total. The number of furan rings is 1. The summed E-state index contributed by atoms with van der Waals surface area (Å²) in [6.45, 7) is 4.71. The Balaban J connectivity index is 1.28. The fourth-order valence-electron chi connectivity index (χ4n) is 3.48. The molecule has 0 bridgehead atoms. The maximum atomic E-state index is 12.7. The Morgan fingerprint density at radius 2 is 1.61 bits per heavy atom. The first kappa shape index (κ1) is 18.3. The molecule has 3 aromatic rings. The fourth-order valence-corrected chi connectivity index (χ4v) is 3.48. The van der Waals surface area contributed by atoms with Gasteiger partial charge in [-0.1, -0.05) is 48.5 Å². The number of rotatable bonds is 6. The van der Waals surface area contributed by atoms with Crippen LogP contribution >= 0.6 is 0 Å². The molecule has 1 aliphatic rings. The highest BCUT2D eigenvalue weighted by Crippen LogP contribution is 2.15. The molecule has 2 aromatic carbocycles. The number of amides is 1. The lowest BCUT2D eigenvalue weighted by molar-refractivity contribution is -0.917. The third kappa shape index (κ3) is 4.61. The highest BCUT2D eigenvalue weighted by atomic mass is 16.5. The minimum Gasteiger partial charge on any atom is -0.486 e. The van der Waals surface area contributed by atoms with Crippen LogP contribution in [0.25, 0.3) is 0 Å². The van der Waals surface area contributed by atoms with Crippen molar-refractivity contribution in [2.45, 2.75) is 13.2 Å². The van der Waals surface area contributed by atoms with Crippen molar-refractivity contribution in [1.82, 2.24) is 4.90 Å². The largest absolute Gasteiger partial charge is 0.486 e. The van der Waals surface area contributed by atoms with Gasteiger partial charge < -0.3 is 19.0 Å². The summed E-state index contributed by atoms with van der Waals surface area (Å²) in [5.41, 5.74) is 1.34.